The van der Waals surface area contributed by atoms with Gasteiger partial charge in [-0.2, -0.15) is 0 Å². The Bertz CT molecular complexity index is 796. The zero-order valence-electron chi connectivity index (χ0n) is 15.8. The Labute approximate surface area is 170 Å². The highest BCUT2D eigenvalue weighted by atomic mass is 32.1. The van der Waals surface area contributed by atoms with E-state index in [0.29, 0.717) is 30.9 Å². The van der Waals surface area contributed by atoms with Crippen molar-refractivity contribution in [2.75, 3.05) is 18.5 Å². The molecule has 7 heteroatoms. The number of ether oxygens (including phenoxy) is 2. The molecule has 0 unspecified atom stereocenters. The highest BCUT2D eigenvalue weighted by Crippen LogP contribution is 2.12. The van der Waals surface area contributed by atoms with Crippen LogP contribution in [0.15, 0.2) is 54.6 Å². The molecule has 2 N–H and O–H groups in total. The van der Waals surface area contributed by atoms with Crippen LogP contribution in [0.3, 0.4) is 0 Å². The van der Waals surface area contributed by atoms with E-state index in [-0.39, 0.29) is 23.4 Å². The van der Waals surface area contributed by atoms with Crippen LogP contribution < -0.4 is 15.4 Å². The fourth-order valence-electron chi connectivity index (χ4n) is 2.29. The lowest BCUT2D eigenvalue weighted by atomic mass is 10.2. The van der Waals surface area contributed by atoms with Crippen LogP contribution >= 0.6 is 12.2 Å². The number of carbonyl (C=O) groups excluding carboxylic acids is 2. The smallest absolute Gasteiger partial charge is 0.338 e. The molecule has 0 spiro atoms. The van der Waals surface area contributed by atoms with E-state index in [1.165, 1.54) is 0 Å². The van der Waals surface area contributed by atoms with E-state index in [4.69, 9.17) is 21.7 Å². The van der Waals surface area contributed by atoms with Gasteiger partial charge in [0.2, 0.25) is 5.91 Å². The summed E-state index contributed by atoms with van der Waals surface area (Å²) in [7, 11) is 0. The Kier molecular flexibility index (Phi) is 8.94. The zero-order chi connectivity index (χ0) is 20.2. The largest absolute Gasteiger partial charge is 0.494 e. The maximum atomic E-state index is 12.0. The predicted molar refractivity (Wildman–Crippen MR) is 113 cm³/mol. The summed E-state index contributed by atoms with van der Waals surface area (Å²) in [5, 5.41) is 5.69. The van der Waals surface area contributed by atoms with E-state index in [9.17, 15) is 9.59 Å². The Morgan fingerprint density at radius 1 is 1.04 bits per heavy atom. The van der Waals surface area contributed by atoms with E-state index in [2.05, 4.69) is 10.6 Å². The molecule has 2 rings (SSSR count). The maximum absolute atomic E-state index is 12.0. The fourth-order valence-corrected chi connectivity index (χ4v) is 2.52. The van der Waals surface area contributed by atoms with Crippen molar-refractivity contribution in [3.63, 3.8) is 0 Å². The van der Waals surface area contributed by atoms with E-state index in [1.807, 2.05) is 37.3 Å². The number of rotatable bonds is 9. The van der Waals surface area contributed by atoms with Gasteiger partial charge in [-0.05, 0) is 55.4 Å². The summed E-state index contributed by atoms with van der Waals surface area (Å²) < 4.78 is 10.7. The molecule has 0 fully saturated rings. The minimum atomic E-state index is -0.390. The molecule has 28 heavy (non-hydrogen) atoms. The van der Waals surface area contributed by atoms with Crippen LogP contribution in [0.4, 0.5) is 5.69 Å². The Hall–Kier alpha value is -2.93. The summed E-state index contributed by atoms with van der Waals surface area (Å²) in [5.41, 5.74) is 1.02. The SMILES string of the molecule is CCCOC(=O)c1cccc(NC(=S)NC(=O)CCCOc2ccccc2)c1. The normalized spacial score (nSPS) is 10.0. The number of carbonyl (C=O) groups is 2. The fraction of sp³-hybridized carbons (Fsp3) is 0.286. The number of hydrogen-bond acceptors (Lipinski definition) is 5. The summed E-state index contributed by atoms with van der Waals surface area (Å²) >= 11 is 5.16. The lowest BCUT2D eigenvalue weighted by Crippen LogP contribution is -2.34. The highest BCUT2D eigenvalue weighted by molar-refractivity contribution is 7.80. The van der Waals surface area contributed by atoms with Gasteiger partial charge in [0.25, 0.3) is 0 Å². The van der Waals surface area contributed by atoms with Crippen molar-refractivity contribution in [3.8, 4) is 5.75 Å². The molecular formula is C21H24N2O4S. The number of nitrogens with one attached hydrogen (secondary N) is 2. The molecule has 1 amide bonds. The average molecular weight is 401 g/mol. The summed E-state index contributed by atoms with van der Waals surface area (Å²) in [6.07, 6.45) is 1.62. The molecule has 0 atom stereocenters. The lowest BCUT2D eigenvalue weighted by Gasteiger charge is -2.11. The third-order valence-electron chi connectivity index (χ3n) is 3.61. The van der Waals surface area contributed by atoms with Crippen LogP contribution in [-0.4, -0.2) is 30.2 Å². The first-order valence-electron chi connectivity index (χ1n) is 9.14. The second-order valence-corrected chi connectivity index (χ2v) is 6.39. The molecule has 2 aromatic rings. The molecule has 0 heterocycles. The van der Waals surface area contributed by atoms with Gasteiger partial charge >= 0.3 is 5.97 Å². The van der Waals surface area contributed by atoms with Crippen LogP contribution in [0.25, 0.3) is 0 Å². The second kappa shape index (κ2) is 11.7. The first-order chi connectivity index (χ1) is 13.6. The molecule has 0 saturated carbocycles. The Morgan fingerprint density at radius 3 is 2.57 bits per heavy atom. The van der Waals surface area contributed by atoms with Gasteiger partial charge < -0.3 is 20.1 Å². The standard InChI is InChI=1S/C21H24N2O4S/c1-2-13-27-20(25)16-8-6-9-17(15-16)22-21(28)23-19(24)12-7-14-26-18-10-4-3-5-11-18/h3-6,8-11,15H,2,7,12-14H2,1H3,(H2,22,23,24,28). The van der Waals surface area contributed by atoms with Crippen LogP contribution in [0, 0.1) is 0 Å². The summed E-state index contributed by atoms with van der Waals surface area (Å²) in [5.74, 6) is 0.184. The molecule has 148 valence electrons. The van der Waals surface area contributed by atoms with Crippen LogP contribution in [0.2, 0.25) is 0 Å². The van der Waals surface area contributed by atoms with Gasteiger partial charge in [0.1, 0.15) is 5.75 Å². The number of hydrogen-bond donors (Lipinski definition) is 2. The maximum Gasteiger partial charge on any atom is 0.338 e. The van der Waals surface area contributed by atoms with E-state index in [1.54, 1.807) is 24.3 Å². The van der Waals surface area contributed by atoms with E-state index >= 15 is 0 Å². The average Bonchev–Trinajstić information content (AvgIpc) is 2.70. The summed E-state index contributed by atoms with van der Waals surface area (Å²) in [6, 6.07) is 16.2. The van der Waals surface area contributed by atoms with Crippen molar-refractivity contribution in [1.29, 1.82) is 0 Å². The Balaban J connectivity index is 1.72. The van der Waals surface area contributed by atoms with Crippen molar-refractivity contribution in [1.82, 2.24) is 5.32 Å². The zero-order valence-corrected chi connectivity index (χ0v) is 16.6. The van der Waals surface area contributed by atoms with Crippen molar-refractivity contribution >= 4 is 34.9 Å². The van der Waals surface area contributed by atoms with Crippen LogP contribution in [0.5, 0.6) is 5.75 Å². The predicted octanol–water partition coefficient (Wildman–Crippen LogP) is 3.93. The molecule has 0 aliphatic rings. The molecule has 0 aromatic heterocycles. The monoisotopic (exact) mass is 400 g/mol. The number of benzene rings is 2. The van der Waals surface area contributed by atoms with Gasteiger partial charge in [-0.3, -0.25) is 4.79 Å². The molecule has 0 bridgehead atoms. The second-order valence-electron chi connectivity index (χ2n) is 5.98. The third-order valence-corrected chi connectivity index (χ3v) is 3.81. The van der Waals surface area contributed by atoms with Crippen LogP contribution in [0.1, 0.15) is 36.5 Å². The number of para-hydroxylation sites is 1. The van der Waals surface area contributed by atoms with E-state index in [0.717, 1.165) is 12.2 Å². The third kappa shape index (κ3) is 7.75. The van der Waals surface area contributed by atoms with Crippen molar-refractivity contribution < 1.29 is 19.1 Å². The molecule has 0 radical (unpaired) electrons. The van der Waals surface area contributed by atoms with Gasteiger partial charge in [-0.15, -0.1) is 0 Å². The van der Waals surface area contributed by atoms with Crippen molar-refractivity contribution in [2.45, 2.75) is 26.2 Å². The van der Waals surface area contributed by atoms with Gasteiger partial charge in [0, 0.05) is 12.1 Å². The number of esters is 1. The quantitative estimate of drug-likeness (QED) is 0.377. The molecule has 6 nitrogen and oxygen atoms in total. The summed E-state index contributed by atoms with van der Waals surface area (Å²) in [4.78, 5) is 23.9. The van der Waals surface area contributed by atoms with Gasteiger partial charge in [-0.1, -0.05) is 31.2 Å². The minimum Gasteiger partial charge on any atom is -0.494 e. The molecular weight excluding hydrogens is 376 g/mol. The summed E-state index contributed by atoms with van der Waals surface area (Å²) in [6.45, 7) is 2.75. The number of amides is 1. The molecule has 0 aliphatic carbocycles. The highest BCUT2D eigenvalue weighted by Gasteiger charge is 2.09. The first kappa shape index (κ1) is 21.4. The van der Waals surface area contributed by atoms with E-state index < -0.39 is 0 Å². The van der Waals surface area contributed by atoms with Crippen molar-refractivity contribution in [2.24, 2.45) is 0 Å². The number of thiocarbonyl (C=S) groups is 1. The van der Waals surface area contributed by atoms with Crippen LogP contribution in [-0.2, 0) is 9.53 Å². The molecule has 0 aliphatic heterocycles. The molecule has 0 saturated heterocycles. The minimum absolute atomic E-state index is 0.174. The van der Waals surface area contributed by atoms with Gasteiger partial charge in [0.05, 0.1) is 18.8 Å². The molecule has 2 aromatic carbocycles. The first-order valence-corrected chi connectivity index (χ1v) is 9.55. The topological polar surface area (TPSA) is 76.7 Å². The Morgan fingerprint density at radius 2 is 1.82 bits per heavy atom. The van der Waals surface area contributed by atoms with Gasteiger partial charge in [-0.25, -0.2) is 4.79 Å². The van der Waals surface area contributed by atoms with Gasteiger partial charge in [0.15, 0.2) is 5.11 Å². The number of anilines is 1. The van der Waals surface area contributed by atoms with Crippen molar-refractivity contribution in [3.05, 3.63) is 60.2 Å². The lowest BCUT2D eigenvalue weighted by molar-refractivity contribution is -0.119.